The zero-order valence-corrected chi connectivity index (χ0v) is 16.5. The van der Waals surface area contributed by atoms with Crippen molar-refractivity contribution in [2.24, 2.45) is 0 Å². The van der Waals surface area contributed by atoms with E-state index in [2.05, 4.69) is 42.3 Å². The first-order chi connectivity index (χ1) is 13.6. The number of rotatable bonds is 3. The number of benzene rings is 2. The highest BCUT2D eigenvalue weighted by molar-refractivity contribution is 5.94. The van der Waals surface area contributed by atoms with Gasteiger partial charge < -0.3 is 9.80 Å². The Bertz CT molecular complexity index is 866. The summed E-state index contributed by atoms with van der Waals surface area (Å²) in [5.41, 5.74) is 3.81. The molecule has 0 atom stereocenters. The molecule has 0 unspecified atom stereocenters. The van der Waals surface area contributed by atoms with Crippen molar-refractivity contribution in [2.75, 3.05) is 33.2 Å². The standard InChI is InChI=1S/C24H27N3O/c1-26-14-16-27(17-15-26)23(28)21-6-4-19(5-7-21)20-8-10-22(11-9-20)24(18-25)12-2-3-13-24/h4-11H,2-3,12-17H2,1H3. The molecule has 1 amide bonds. The maximum absolute atomic E-state index is 12.7. The lowest BCUT2D eigenvalue weighted by Crippen LogP contribution is -2.47. The Morgan fingerprint density at radius 2 is 1.43 bits per heavy atom. The number of nitriles is 1. The van der Waals surface area contributed by atoms with Gasteiger partial charge in [0.1, 0.15) is 0 Å². The third-order valence-corrected chi connectivity index (χ3v) is 6.36. The second-order valence-electron chi connectivity index (χ2n) is 8.15. The molecule has 1 saturated carbocycles. The van der Waals surface area contributed by atoms with Gasteiger partial charge in [-0.25, -0.2) is 0 Å². The van der Waals surface area contributed by atoms with Crippen LogP contribution in [0, 0.1) is 11.3 Å². The van der Waals surface area contributed by atoms with Crippen LogP contribution in [-0.2, 0) is 5.41 Å². The van der Waals surface area contributed by atoms with Crippen molar-refractivity contribution in [1.82, 2.24) is 9.80 Å². The van der Waals surface area contributed by atoms with Crippen LogP contribution in [-0.4, -0.2) is 48.9 Å². The summed E-state index contributed by atoms with van der Waals surface area (Å²) in [5, 5.41) is 9.67. The van der Waals surface area contributed by atoms with Crippen LogP contribution in [0.15, 0.2) is 48.5 Å². The number of amides is 1. The molecular weight excluding hydrogens is 346 g/mol. The van der Waals surface area contributed by atoms with Gasteiger partial charge in [-0.2, -0.15) is 5.26 Å². The van der Waals surface area contributed by atoms with E-state index in [1.165, 1.54) is 0 Å². The second-order valence-corrected chi connectivity index (χ2v) is 8.15. The maximum Gasteiger partial charge on any atom is 0.253 e. The molecule has 2 aliphatic rings. The molecule has 4 nitrogen and oxygen atoms in total. The largest absolute Gasteiger partial charge is 0.336 e. The van der Waals surface area contributed by atoms with Crippen molar-refractivity contribution >= 4 is 5.91 Å². The van der Waals surface area contributed by atoms with Crippen molar-refractivity contribution in [3.05, 3.63) is 59.7 Å². The summed E-state index contributed by atoms with van der Waals surface area (Å²) >= 11 is 0. The molecule has 0 aromatic heterocycles. The Hall–Kier alpha value is -2.64. The average Bonchev–Trinajstić information content (AvgIpc) is 3.24. The molecule has 0 radical (unpaired) electrons. The fourth-order valence-corrected chi connectivity index (χ4v) is 4.42. The zero-order valence-electron chi connectivity index (χ0n) is 16.5. The number of hydrogen-bond acceptors (Lipinski definition) is 3. The third-order valence-electron chi connectivity index (χ3n) is 6.36. The van der Waals surface area contributed by atoms with Crippen LogP contribution in [0.5, 0.6) is 0 Å². The molecule has 4 heteroatoms. The number of likely N-dealkylation sites (N-methyl/N-ethyl adjacent to an activating group) is 1. The van der Waals surface area contributed by atoms with E-state index in [4.69, 9.17) is 0 Å². The van der Waals surface area contributed by atoms with Crippen molar-refractivity contribution < 1.29 is 4.79 Å². The lowest BCUT2D eigenvalue weighted by Gasteiger charge is -2.32. The fraction of sp³-hybridized carbons (Fsp3) is 0.417. The van der Waals surface area contributed by atoms with E-state index in [0.717, 1.165) is 74.1 Å². The van der Waals surface area contributed by atoms with E-state index < -0.39 is 0 Å². The Balaban J connectivity index is 1.48. The van der Waals surface area contributed by atoms with Gasteiger partial charge in [0.2, 0.25) is 0 Å². The number of carbonyl (C=O) groups is 1. The van der Waals surface area contributed by atoms with Gasteiger partial charge in [-0.3, -0.25) is 4.79 Å². The Morgan fingerprint density at radius 1 is 0.893 bits per heavy atom. The topological polar surface area (TPSA) is 47.3 Å². The minimum Gasteiger partial charge on any atom is -0.336 e. The number of carbonyl (C=O) groups excluding carboxylic acids is 1. The van der Waals surface area contributed by atoms with Gasteiger partial charge in [0.15, 0.2) is 0 Å². The number of nitrogens with zero attached hydrogens (tertiary/aromatic N) is 3. The predicted molar refractivity (Wildman–Crippen MR) is 111 cm³/mol. The SMILES string of the molecule is CN1CCN(C(=O)c2ccc(-c3ccc(C4(C#N)CCCC4)cc3)cc2)CC1. The lowest BCUT2D eigenvalue weighted by molar-refractivity contribution is 0.0664. The summed E-state index contributed by atoms with van der Waals surface area (Å²) in [6.45, 7) is 3.44. The van der Waals surface area contributed by atoms with Crippen LogP contribution in [0.2, 0.25) is 0 Å². The Morgan fingerprint density at radius 3 is 1.96 bits per heavy atom. The molecule has 4 rings (SSSR count). The first-order valence-corrected chi connectivity index (χ1v) is 10.2. The smallest absolute Gasteiger partial charge is 0.253 e. The van der Waals surface area contributed by atoms with Crippen LogP contribution in [0.25, 0.3) is 11.1 Å². The Kier molecular flexibility index (Phi) is 5.19. The third kappa shape index (κ3) is 3.55. The van der Waals surface area contributed by atoms with Crippen molar-refractivity contribution in [3.8, 4) is 17.2 Å². The molecule has 28 heavy (non-hydrogen) atoms. The molecule has 2 aromatic carbocycles. The Labute approximate surface area is 167 Å². The van der Waals surface area contributed by atoms with Crippen molar-refractivity contribution in [3.63, 3.8) is 0 Å². The summed E-state index contributed by atoms with van der Waals surface area (Å²) < 4.78 is 0. The first kappa shape index (κ1) is 18.7. The summed E-state index contributed by atoms with van der Waals surface area (Å²) in [6, 6.07) is 18.9. The number of hydrogen-bond donors (Lipinski definition) is 0. The summed E-state index contributed by atoms with van der Waals surface area (Å²) in [6.07, 6.45) is 4.20. The second kappa shape index (κ2) is 7.77. The minimum atomic E-state index is -0.294. The van der Waals surface area contributed by atoms with E-state index in [-0.39, 0.29) is 11.3 Å². The molecule has 0 spiro atoms. The van der Waals surface area contributed by atoms with Gasteiger partial charge in [-0.15, -0.1) is 0 Å². The van der Waals surface area contributed by atoms with E-state index in [1.807, 2.05) is 29.2 Å². The van der Waals surface area contributed by atoms with Gasteiger partial charge in [-0.1, -0.05) is 49.2 Å². The van der Waals surface area contributed by atoms with E-state index >= 15 is 0 Å². The highest BCUT2D eigenvalue weighted by Crippen LogP contribution is 2.41. The maximum atomic E-state index is 12.7. The van der Waals surface area contributed by atoms with Gasteiger partial charge >= 0.3 is 0 Å². The van der Waals surface area contributed by atoms with E-state index in [9.17, 15) is 10.1 Å². The molecule has 0 bridgehead atoms. The van der Waals surface area contributed by atoms with Crippen LogP contribution >= 0.6 is 0 Å². The summed E-state index contributed by atoms with van der Waals surface area (Å²) in [7, 11) is 2.09. The number of piperazine rings is 1. The van der Waals surface area contributed by atoms with Crippen molar-refractivity contribution in [1.29, 1.82) is 5.26 Å². The van der Waals surface area contributed by atoms with Gasteiger partial charge in [0.05, 0.1) is 11.5 Å². The van der Waals surface area contributed by atoms with E-state index in [0.29, 0.717) is 0 Å². The molecule has 144 valence electrons. The van der Waals surface area contributed by atoms with Gasteiger partial charge in [0.25, 0.3) is 5.91 Å². The van der Waals surface area contributed by atoms with Crippen molar-refractivity contribution in [2.45, 2.75) is 31.1 Å². The molecule has 1 aliphatic heterocycles. The highest BCUT2D eigenvalue weighted by atomic mass is 16.2. The molecule has 1 saturated heterocycles. The van der Waals surface area contributed by atoms with Crippen LogP contribution < -0.4 is 0 Å². The monoisotopic (exact) mass is 373 g/mol. The first-order valence-electron chi connectivity index (χ1n) is 10.2. The molecule has 0 N–H and O–H groups in total. The highest BCUT2D eigenvalue weighted by Gasteiger charge is 2.35. The molecular formula is C24H27N3O. The molecule has 1 heterocycles. The minimum absolute atomic E-state index is 0.118. The van der Waals surface area contributed by atoms with Crippen LogP contribution in [0.4, 0.5) is 0 Å². The average molecular weight is 374 g/mol. The van der Waals surface area contributed by atoms with Crippen LogP contribution in [0.3, 0.4) is 0 Å². The summed E-state index contributed by atoms with van der Waals surface area (Å²) in [5.74, 6) is 0.118. The predicted octanol–water partition coefficient (Wildman–Crippen LogP) is 4.08. The fourth-order valence-electron chi connectivity index (χ4n) is 4.42. The van der Waals surface area contributed by atoms with Crippen LogP contribution in [0.1, 0.15) is 41.6 Å². The quantitative estimate of drug-likeness (QED) is 0.815. The van der Waals surface area contributed by atoms with Gasteiger partial charge in [0, 0.05) is 31.7 Å². The van der Waals surface area contributed by atoms with Gasteiger partial charge in [-0.05, 0) is 48.7 Å². The molecule has 2 fully saturated rings. The zero-order chi connectivity index (χ0) is 19.6. The molecule has 1 aliphatic carbocycles. The normalized spacial score (nSPS) is 19.4. The molecule has 2 aromatic rings. The van der Waals surface area contributed by atoms with E-state index in [1.54, 1.807) is 0 Å². The lowest BCUT2D eigenvalue weighted by atomic mass is 9.80. The summed E-state index contributed by atoms with van der Waals surface area (Å²) in [4.78, 5) is 16.9.